The van der Waals surface area contributed by atoms with E-state index in [1.807, 2.05) is 22.9 Å². The first-order chi connectivity index (χ1) is 8.06. The minimum absolute atomic E-state index is 0.0778. The standard InChI is InChI=1S/C11H13NO3S2/c1-17(13,14)12-7-10(9-4-6-16-8-9)11-3-2-5-15-11/h2-6,8,10,12H,7H2,1H3. The Balaban J connectivity index is 2.20. The zero-order chi connectivity index (χ0) is 12.3. The van der Waals surface area contributed by atoms with Crippen LogP contribution in [0.2, 0.25) is 0 Å². The molecule has 2 aromatic rings. The van der Waals surface area contributed by atoms with Crippen molar-refractivity contribution in [2.75, 3.05) is 12.8 Å². The molecular weight excluding hydrogens is 258 g/mol. The minimum atomic E-state index is -3.19. The van der Waals surface area contributed by atoms with Gasteiger partial charge >= 0.3 is 0 Å². The van der Waals surface area contributed by atoms with Crippen molar-refractivity contribution < 1.29 is 12.8 Å². The largest absolute Gasteiger partial charge is 0.469 e. The van der Waals surface area contributed by atoms with Gasteiger partial charge in [0.1, 0.15) is 5.76 Å². The topological polar surface area (TPSA) is 59.3 Å². The molecule has 0 aliphatic heterocycles. The lowest BCUT2D eigenvalue weighted by molar-refractivity contribution is 0.482. The van der Waals surface area contributed by atoms with Gasteiger partial charge in [0.05, 0.1) is 18.4 Å². The molecule has 0 saturated heterocycles. The van der Waals surface area contributed by atoms with Crippen LogP contribution in [0.3, 0.4) is 0 Å². The van der Waals surface area contributed by atoms with Gasteiger partial charge in [0, 0.05) is 6.54 Å². The summed E-state index contributed by atoms with van der Waals surface area (Å²) in [5.41, 5.74) is 1.06. The fourth-order valence-electron chi connectivity index (χ4n) is 1.58. The van der Waals surface area contributed by atoms with E-state index in [0.717, 1.165) is 17.6 Å². The average Bonchev–Trinajstić information content (AvgIpc) is 2.86. The van der Waals surface area contributed by atoms with Crippen LogP contribution in [0.1, 0.15) is 17.2 Å². The summed E-state index contributed by atoms with van der Waals surface area (Å²) in [6, 6.07) is 5.63. The molecule has 2 heterocycles. The van der Waals surface area contributed by atoms with Gasteiger partial charge in [0.25, 0.3) is 0 Å². The van der Waals surface area contributed by atoms with Gasteiger partial charge in [-0.1, -0.05) is 0 Å². The van der Waals surface area contributed by atoms with Crippen LogP contribution in [0, 0.1) is 0 Å². The van der Waals surface area contributed by atoms with Crippen molar-refractivity contribution in [1.29, 1.82) is 0 Å². The number of hydrogen-bond acceptors (Lipinski definition) is 4. The molecule has 1 unspecified atom stereocenters. The average molecular weight is 271 g/mol. The predicted octanol–water partition coefficient (Wildman–Crippen LogP) is 2.02. The highest BCUT2D eigenvalue weighted by molar-refractivity contribution is 7.88. The Labute approximate surface area is 104 Å². The Morgan fingerprint density at radius 3 is 2.82 bits per heavy atom. The Kier molecular flexibility index (Phi) is 3.66. The molecule has 0 saturated carbocycles. The smallest absolute Gasteiger partial charge is 0.208 e. The zero-order valence-electron chi connectivity index (χ0n) is 9.29. The van der Waals surface area contributed by atoms with Crippen LogP contribution >= 0.6 is 11.3 Å². The van der Waals surface area contributed by atoms with Crippen LogP contribution in [0.4, 0.5) is 0 Å². The minimum Gasteiger partial charge on any atom is -0.469 e. The Morgan fingerprint density at radius 1 is 1.47 bits per heavy atom. The molecule has 0 radical (unpaired) electrons. The molecule has 0 aromatic carbocycles. The molecule has 0 bridgehead atoms. The van der Waals surface area contributed by atoms with Crippen molar-refractivity contribution in [2.45, 2.75) is 5.92 Å². The summed E-state index contributed by atoms with van der Waals surface area (Å²) < 4.78 is 30.1. The molecule has 1 N–H and O–H groups in total. The maximum absolute atomic E-state index is 11.1. The maximum Gasteiger partial charge on any atom is 0.208 e. The maximum atomic E-state index is 11.1. The van der Waals surface area contributed by atoms with Gasteiger partial charge in [0.15, 0.2) is 0 Å². The van der Waals surface area contributed by atoms with Crippen LogP contribution in [0.15, 0.2) is 39.6 Å². The van der Waals surface area contributed by atoms with E-state index in [1.165, 1.54) is 0 Å². The fourth-order valence-corrected chi connectivity index (χ4v) is 2.76. The lowest BCUT2D eigenvalue weighted by Crippen LogP contribution is -2.27. The van der Waals surface area contributed by atoms with Crippen molar-refractivity contribution in [1.82, 2.24) is 4.72 Å². The first kappa shape index (κ1) is 12.3. The molecule has 0 fully saturated rings. The van der Waals surface area contributed by atoms with E-state index in [-0.39, 0.29) is 5.92 Å². The van der Waals surface area contributed by atoms with Crippen molar-refractivity contribution in [3.8, 4) is 0 Å². The quantitative estimate of drug-likeness (QED) is 0.905. The molecule has 2 aromatic heterocycles. The van der Waals surface area contributed by atoms with Crippen LogP contribution in [-0.4, -0.2) is 21.2 Å². The van der Waals surface area contributed by atoms with Crippen molar-refractivity contribution in [3.63, 3.8) is 0 Å². The molecule has 4 nitrogen and oxygen atoms in total. The van der Waals surface area contributed by atoms with E-state index in [4.69, 9.17) is 4.42 Å². The third-order valence-corrected chi connectivity index (χ3v) is 3.77. The van der Waals surface area contributed by atoms with Gasteiger partial charge in [-0.05, 0) is 34.5 Å². The monoisotopic (exact) mass is 271 g/mol. The number of sulfonamides is 1. The van der Waals surface area contributed by atoms with Crippen molar-refractivity contribution in [2.24, 2.45) is 0 Å². The van der Waals surface area contributed by atoms with E-state index >= 15 is 0 Å². The summed E-state index contributed by atoms with van der Waals surface area (Å²) in [5, 5.41) is 3.96. The third-order valence-electron chi connectivity index (χ3n) is 2.38. The van der Waals surface area contributed by atoms with E-state index in [9.17, 15) is 8.42 Å². The molecular formula is C11H13NO3S2. The second kappa shape index (κ2) is 5.03. The van der Waals surface area contributed by atoms with E-state index < -0.39 is 10.0 Å². The van der Waals surface area contributed by atoms with Gasteiger partial charge < -0.3 is 4.42 Å². The third kappa shape index (κ3) is 3.42. The summed E-state index contributed by atoms with van der Waals surface area (Å²) in [6.07, 6.45) is 2.75. The van der Waals surface area contributed by atoms with Crippen molar-refractivity contribution >= 4 is 21.4 Å². The summed E-state index contributed by atoms with van der Waals surface area (Å²) in [5.74, 6) is 0.686. The highest BCUT2D eigenvalue weighted by Gasteiger charge is 2.18. The van der Waals surface area contributed by atoms with Gasteiger partial charge in [0.2, 0.25) is 10.0 Å². The summed E-state index contributed by atoms with van der Waals surface area (Å²) in [6.45, 7) is 0.309. The zero-order valence-corrected chi connectivity index (χ0v) is 10.9. The van der Waals surface area contributed by atoms with Crippen LogP contribution in [0.25, 0.3) is 0 Å². The first-order valence-corrected chi connectivity index (χ1v) is 7.90. The number of hydrogen-bond donors (Lipinski definition) is 1. The lowest BCUT2D eigenvalue weighted by atomic mass is 10.00. The van der Waals surface area contributed by atoms with Gasteiger partial charge in [-0.15, -0.1) is 0 Å². The second-order valence-electron chi connectivity index (χ2n) is 3.75. The van der Waals surface area contributed by atoms with Gasteiger partial charge in [-0.25, -0.2) is 13.1 Å². The highest BCUT2D eigenvalue weighted by atomic mass is 32.2. The number of furan rings is 1. The molecule has 1 atom stereocenters. The van der Waals surface area contributed by atoms with Crippen LogP contribution < -0.4 is 4.72 Å². The normalized spacial score (nSPS) is 13.7. The lowest BCUT2D eigenvalue weighted by Gasteiger charge is -2.13. The predicted molar refractivity (Wildman–Crippen MR) is 67.7 cm³/mol. The Bertz CT molecular complexity index is 509. The molecule has 6 heteroatoms. The SMILES string of the molecule is CS(=O)(=O)NCC(c1ccsc1)c1ccco1. The van der Waals surface area contributed by atoms with Crippen LogP contribution in [0.5, 0.6) is 0 Å². The molecule has 17 heavy (non-hydrogen) atoms. The van der Waals surface area contributed by atoms with Crippen LogP contribution in [-0.2, 0) is 10.0 Å². The Hall–Kier alpha value is -1.11. The summed E-state index contributed by atoms with van der Waals surface area (Å²) in [4.78, 5) is 0. The summed E-state index contributed by atoms with van der Waals surface area (Å²) in [7, 11) is -3.19. The highest BCUT2D eigenvalue weighted by Crippen LogP contribution is 2.26. The molecule has 0 spiro atoms. The number of nitrogens with one attached hydrogen (secondary N) is 1. The molecule has 92 valence electrons. The molecule has 0 aliphatic rings. The van der Waals surface area contributed by atoms with E-state index in [2.05, 4.69) is 4.72 Å². The number of thiophene rings is 1. The van der Waals surface area contributed by atoms with Gasteiger partial charge in [-0.3, -0.25) is 0 Å². The molecule has 2 rings (SSSR count). The fraction of sp³-hybridized carbons (Fsp3) is 0.273. The Morgan fingerprint density at radius 2 is 2.29 bits per heavy atom. The summed E-state index contributed by atoms with van der Waals surface area (Å²) >= 11 is 1.58. The van der Waals surface area contributed by atoms with Gasteiger partial charge in [-0.2, -0.15) is 11.3 Å². The van der Waals surface area contributed by atoms with E-state index in [1.54, 1.807) is 23.7 Å². The molecule has 0 amide bonds. The molecule has 0 aliphatic carbocycles. The van der Waals surface area contributed by atoms with Crippen molar-refractivity contribution in [3.05, 3.63) is 46.5 Å². The second-order valence-corrected chi connectivity index (χ2v) is 6.36. The number of rotatable bonds is 5. The first-order valence-electron chi connectivity index (χ1n) is 5.06. The van der Waals surface area contributed by atoms with E-state index in [0.29, 0.717) is 6.54 Å².